The third kappa shape index (κ3) is 2.63. The Morgan fingerprint density at radius 3 is 2.37 bits per heavy atom. The summed E-state index contributed by atoms with van der Waals surface area (Å²) in [6.45, 7) is 0. The van der Waals surface area contributed by atoms with Gasteiger partial charge in [-0.15, -0.1) is 10.2 Å². The molecule has 100 valence electrons. The van der Waals surface area contributed by atoms with Crippen LogP contribution in [0.2, 0.25) is 0 Å². The zero-order chi connectivity index (χ0) is 13.6. The van der Waals surface area contributed by atoms with Crippen molar-refractivity contribution in [3.8, 4) is 11.4 Å². The summed E-state index contributed by atoms with van der Waals surface area (Å²) < 4.78 is 25.8. The molecule has 0 N–H and O–H groups in total. The molecule has 8 heteroatoms. The predicted octanol–water partition coefficient (Wildman–Crippen LogP) is 2.81. The van der Waals surface area contributed by atoms with Crippen LogP contribution in [0, 0.1) is 3.57 Å². The topological polar surface area (TPSA) is 64.8 Å². The summed E-state index contributed by atoms with van der Waals surface area (Å²) >= 11 is 2.21. The maximum atomic E-state index is 11.5. The van der Waals surface area contributed by atoms with E-state index >= 15 is 0 Å². The average Bonchev–Trinajstić information content (AvgIpc) is 3.07. The molecule has 1 fully saturated rings. The highest BCUT2D eigenvalue weighted by Gasteiger charge is 2.34. The number of rotatable bonds is 3. The van der Waals surface area contributed by atoms with Gasteiger partial charge in [-0.2, -0.15) is 0 Å². The number of nitrogens with zero attached hydrogens (tertiary/aromatic N) is 3. The van der Waals surface area contributed by atoms with Crippen LogP contribution in [-0.2, 0) is 9.05 Å². The fraction of sp³-hybridized carbons (Fsp3) is 0.273. The van der Waals surface area contributed by atoms with Crippen molar-refractivity contribution in [3.05, 3.63) is 27.8 Å². The van der Waals surface area contributed by atoms with Crippen LogP contribution in [0.5, 0.6) is 0 Å². The van der Waals surface area contributed by atoms with Crippen molar-refractivity contribution >= 4 is 42.3 Å². The maximum Gasteiger partial charge on any atom is 0.296 e. The molecule has 0 bridgehead atoms. The van der Waals surface area contributed by atoms with Crippen LogP contribution in [0.15, 0.2) is 29.4 Å². The molecule has 5 nitrogen and oxygen atoms in total. The lowest BCUT2D eigenvalue weighted by Gasteiger charge is -2.07. The van der Waals surface area contributed by atoms with E-state index in [1.54, 1.807) is 4.57 Å². The molecule has 1 saturated carbocycles. The molecule has 0 unspecified atom stereocenters. The summed E-state index contributed by atoms with van der Waals surface area (Å²) in [4.78, 5) is 0. The Hall–Kier alpha value is -0.670. The summed E-state index contributed by atoms with van der Waals surface area (Å²) in [7, 11) is 1.54. The van der Waals surface area contributed by atoms with E-state index in [1.165, 1.54) is 0 Å². The second kappa shape index (κ2) is 4.71. The van der Waals surface area contributed by atoms with Crippen molar-refractivity contribution in [3.63, 3.8) is 0 Å². The van der Waals surface area contributed by atoms with E-state index < -0.39 is 9.05 Å². The lowest BCUT2D eigenvalue weighted by molar-refractivity contribution is 0.579. The van der Waals surface area contributed by atoms with Crippen molar-refractivity contribution in [2.45, 2.75) is 24.0 Å². The predicted molar refractivity (Wildman–Crippen MR) is 79.5 cm³/mol. The number of hydrogen-bond acceptors (Lipinski definition) is 4. The van der Waals surface area contributed by atoms with Crippen molar-refractivity contribution in [1.82, 2.24) is 14.8 Å². The third-order valence-electron chi connectivity index (χ3n) is 2.90. The standard InChI is InChI=1S/C11H9ClIN3O2S/c12-19(17,18)11-15-14-10(16(11)9-5-6-9)7-1-3-8(13)4-2-7/h1-4,9H,5-6H2. The lowest BCUT2D eigenvalue weighted by Crippen LogP contribution is -2.06. The van der Waals surface area contributed by atoms with Crippen LogP contribution < -0.4 is 0 Å². The molecule has 1 aliphatic carbocycles. The molecule has 1 aliphatic rings. The third-order valence-corrected chi connectivity index (χ3v) is 4.74. The van der Waals surface area contributed by atoms with E-state index in [2.05, 4.69) is 32.8 Å². The molecule has 1 aromatic heterocycles. The molecule has 0 spiro atoms. The molecule has 0 atom stereocenters. The fourth-order valence-electron chi connectivity index (χ4n) is 1.90. The van der Waals surface area contributed by atoms with Crippen LogP contribution in [0.25, 0.3) is 11.4 Å². The molecular weight excluding hydrogens is 401 g/mol. The molecule has 0 radical (unpaired) electrons. The first kappa shape index (κ1) is 13.3. The Kier molecular flexibility index (Phi) is 3.30. The molecule has 0 amide bonds. The Balaban J connectivity index is 2.17. The fourth-order valence-corrected chi connectivity index (χ4v) is 3.18. The van der Waals surface area contributed by atoms with Gasteiger partial charge in [0.25, 0.3) is 14.2 Å². The maximum absolute atomic E-state index is 11.5. The van der Waals surface area contributed by atoms with Gasteiger partial charge in [0, 0.05) is 25.9 Å². The minimum absolute atomic E-state index is 0.132. The Morgan fingerprint density at radius 1 is 1.21 bits per heavy atom. The Morgan fingerprint density at radius 2 is 1.84 bits per heavy atom. The second-order valence-electron chi connectivity index (χ2n) is 4.35. The van der Waals surface area contributed by atoms with Gasteiger partial charge < -0.3 is 0 Å². The van der Waals surface area contributed by atoms with E-state index in [1.807, 2.05) is 24.3 Å². The van der Waals surface area contributed by atoms with E-state index in [-0.39, 0.29) is 11.2 Å². The Labute approximate surface area is 128 Å². The highest BCUT2D eigenvalue weighted by Crippen LogP contribution is 2.40. The molecule has 1 heterocycles. The first-order chi connectivity index (χ1) is 8.97. The van der Waals surface area contributed by atoms with Gasteiger partial charge in [0.1, 0.15) is 0 Å². The van der Waals surface area contributed by atoms with E-state index in [0.717, 1.165) is 22.0 Å². The summed E-state index contributed by atoms with van der Waals surface area (Å²) in [5.41, 5.74) is 0.839. The molecule has 0 saturated heterocycles. The largest absolute Gasteiger partial charge is 0.296 e. The zero-order valence-corrected chi connectivity index (χ0v) is 13.4. The quantitative estimate of drug-likeness (QED) is 0.578. The highest BCUT2D eigenvalue weighted by atomic mass is 127. The molecule has 0 aliphatic heterocycles. The first-order valence-corrected chi connectivity index (χ1v) is 9.01. The summed E-state index contributed by atoms with van der Waals surface area (Å²) in [6.07, 6.45) is 1.85. The van der Waals surface area contributed by atoms with Gasteiger partial charge >= 0.3 is 0 Å². The smallest absolute Gasteiger partial charge is 0.294 e. The van der Waals surface area contributed by atoms with Crippen molar-refractivity contribution < 1.29 is 8.42 Å². The molecule has 3 rings (SSSR count). The number of aromatic nitrogens is 3. The average molecular weight is 410 g/mol. The van der Waals surface area contributed by atoms with Gasteiger partial charge in [-0.05, 0) is 47.6 Å². The summed E-state index contributed by atoms with van der Waals surface area (Å²) in [5.74, 6) is 0.554. The number of halogens is 2. The van der Waals surface area contributed by atoms with Crippen LogP contribution in [-0.4, -0.2) is 23.2 Å². The van der Waals surface area contributed by atoms with E-state index in [0.29, 0.717) is 5.82 Å². The minimum atomic E-state index is -3.87. The molecular formula is C11H9ClIN3O2S. The van der Waals surface area contributed by atoms with Crippen LogP contribution in [0.4, 0.5) is 0 Å². The number of benzene rings is 1. The van der Waals surface area contributed by atoms with Crippen molar-refractivity contribution in [2.24, 2.45) is 0 Å². The van der Waals surface area contributed by atoms with Gasteiger partial charge in [-0.25, -0.2) is 8.42 Å². The molecule has 2 aromatic rings. The van der Waals surface area contributed by atoms with Gasteiger partial charge in [0.2, 0.25) is 0 Å². The minimum Gasteiger partial charge on any atom is -0.294 e. The zero-order valence-electron chi connectivity index (χ0n) is 9.62. The SMILES string of the molecule is O=S(=O)(Cl)c1nnc(-c2ccc(I)cc2)n1C1CC1. The Bertz CT molecular complexity index is 723. The normalized spacial score (nSPS) is 15.7. The van der Waals surface area contributed by atoms with Crippen LogP contribution in [0.1, 0.15) is 18.9 Å². The lowest BCUT2D eigenvalue weighted by atomic mass is 10.2. The number of hydrogen-bond donors (Lipinski definition) is 0. The van der Waals surface area contributed by atoms with Gasteiger partial charge in [-0.3, -0.25) is 4.57 Å². The van der Waals surface area contributed by atoms with Crippen molar-refractivity contribution in [1.29, 1.82) is 0 Å². The second-order valence-corrected chi connectivity index (χ2v) is 8.06. The monoisotopic (exact) mass is 409 g/mol. The molecule has 19 heavy (non-hydrogen) atoms. The first-order valence-electron chi connectivity index (χ1n) is 5.62. The van der Waals surface area contributed by atoms with E-state index in [9.17, 15) is 8.42 Å². The van der Waals surface area contributed by atoms with Crippen LogP contribution >= 0.6 is 33.3 Å². The van der Waals surface area contributed by atoms with Crippen LogP contribution in [0.3, 0.4) is 0 Å². The summed E-state index contributed by atoms with van der Waals surface area (Å²) in [6, 6.07) is 7.81. The van der Waals surface area contributed by atoms with E-state index in [4.69, 9.17) is 10.7 Å². The summed E-state index contributed by atoms with van der Waals surface area (Å²) in [5, 5.41) is 7.57. The van der Waals surface area contributed by atoms with Gasteiger partial charge in [0.05, 0.1) is 0 Å². The molecule has 1 aromatic carbocycles. The highest BCUT2D eigenvalue weighted by molar-refractivity contribution is 14.1. The van der Waals surface area contributed by atoms with Gasteiger partial charge in [0.15, 0.2) is 5.82 Å². The van der Waals surface area contributed by atoms with Gasteiger partial charge in [-0.1, -0.05) is 12.1 Å². The van der Waals surface area contributed by atoms with Crippen molar-refractivity contribution in [2.75, 3.05) is 0 Å².